The van der Waals surface area contributed by atoms with Gasteiger partial charge in [-0.15, -0.1) is 0 Å². The Kier molecular flexibility index (Phi) is 10.2. The van der Waals surface area contributed by atoms with E-state index in [-0.39, 0.29) is 5.91 Å². The van der Waals surface area contributed by atoms with E-state index in [2.05, 4.69) is 35.1 Å². The first kappa shape index (κ1) is 23.0. The summed E-state index contributed by atoms with van der Waals surface area (Å²) in [7, 11) is -3.38. The molecule has 7 heteroatoms. The number of carbonyl (C=O) groups is 1. The summed E-state index contributed by atoms with van der Waals surface area (Å²) in [5.41, 5.74) is 0.613. The predicted molar refractivity (Wildman–Crippen MR) is 112 cm³/mol. The van der Waals surface area contributed by atoms with Gasteiger partial charge in [0, 0.05) is 24.0 Å². The number of nitrogens with one attached hydrogen (secondary N) is 1. The molecular formula is C19H31BrN2O3S. The minimum atomic E-state index is -3.38. The Bertz CT molecular complexity index is 647. The number of nitrogens with zero attached hydrogens (tertiary/aromatic N) is 1. The Balaban J connectivity index is 2.49. The van der Waals surface area contributed by atoms with Gasteiger partial charge in [-0.3, -0.25) is 9.10 Å². The standard InChI is InChI=1S/C19H31BrN2O3S/c1-4-6-8-16(5-2)15-21-19(23)9-7-14-22(26(3,24)25)18-12-10-17(20)11-13-18/h10-13,16H,4-9,14-15H2,1-3H3,(H,21,23)/t16-/m0/s1. The quantitative estimate of drug-likeness (QED) is 0.519. The molecule has 0 heterocycles. The highest BCUT2D eigenvalue weighted by Crippen LogP contribution is 2.21. The largest absolute Gasteiger partial charge is 0.356 e. The van der Waals surface area contributed by atoms with Crippen molar-refractivity contribution in [3.05, 3.63) is 28.7 Å². The van der Waals surface area contributed by atoms with Gasteiger partial charge in [-0.05, 0) is 43.0 Å². The van der Waals surface area contributed by atoms with Gasteiger partial charge in [0.1, 0.15) is 0 Å². The molecule has 0 unspecified atom stereocenters. The van der Waals surface area contributed by atoms with Crippen LogP contribution in [0.4, 0.5) is 5.69 Å². The Morgan fingerprint density at radius 2 is 1.85 bits per heavy atom. The number of unbranched alkanes of at least 4 members (excludes halogenated alkanes) is 1. The Hall–Kier alpha value is -1.08. The van der Waals surface area contributed by atoms with Crippen LogP contribution < -0.4 is 9.62 Å². The summed E-state index contributed by atoms with van der Waals surface area (Å²) < 4.78 is 26.4. The Morgan fingerprint density at radius 3 is 2.38 bits per heavy atom. The van der Waals surface area contributed by atoms with Crippen molar-refractivity contribution in [2.24, 2.45) is 5.92 Å². The van der Waals surface area contributed by atoms with E-state index < -0.39 is 10.0 Å². The highest BCUT2D eigenvalue weighted by Gasteiger charge is 2.17. The molecule has 0 radical (unpaired) electrons. The predicted octanol–water partition coefficient (Wildman–Crippen LogP) is 4.33. The van der Waals surface area contributed by atoms with Crippen LogP contribution in [0.3, 0.4) is 0 Å². The number of sulfonamides is 1. The first-order valence-corrected chi connectivity index (χ1v) is 11.9. The number of rotatable bonds is 12. The molecule has 0 saturated carbocycles. The average molecular weight is 447 g/mol. The lowest BCUT2D eigenvalue weighted by Crippen LogP contribution is -2.33. The van der Waals surface area contributed by atoms with E-state index in [0.717, 1.165) is 17.3 Å². The number of hydrogen-bond acceptors (Lipinski definition) is 3. The van der Waals surface area contributed by atoms with Gasteiger partial charge in [-0.2, -0.15) is 0 Å². The van der Waals surface area contributed by atoms with Gasteiger partial charge in [0.05, 0.1) is 11.9 Å². The van der Waals surface area contributed by atoms with Gasteiger partial charge in [0.25, 0.3) is 0 Å². The first-order valence-electron chi connectivity index (χ1n) is 9.27. The van der Waals surface area contributed by atoms with E-state index in [9.17, 15) is 13.2 Å². The number of anilines is 1. The van der Waals surface area contributed by atoms with Crippen LogP contribution in [0.5, 0.6) is 0 Å². The van der Waals surface area contributed by atoms with Crippen molar-refractivity contribution in [2.75, 3.05) is 23.7 Å². The molecule has 0 aliphatic carbocycles. The Labute approximate surface area is 166 Å². The lowest BCUT2D eigenvalue weighted by molar-refractivity contribution is -0.121. The second-order valence-electron chi connectivity index (χ2n) is 6.64. The van der Waals surface area contributed by atoms with Crippen LogP contribution in [0.25, 0.3) is 0 Å². The molecule has 0 aliphatic rings. The number of hydrogen-bond donors (Lipinski definition) is 1. The van der Waals surface area contributed by atoms with Crippen molar-refractivity contribution >= 4 is 37.5 Å². The zero-order valence-corrected chi connectivity index (χ0v) is 18.4. The summed E-state index contributed by atoms with van der Waals surface area (Å²) in [4.78, 5) is 12.1. The molecule has 0 aromatic heterocycles. The normalized spacial score (nSPS) is 12.6. The second-order valence-corrected chi connectivity index (χ2v) is 9.46. The average Bonchev–Trinajstić information content (AvgIpc) is 2.59. The van der Waals surface area contributed by atoms with E-state index in [4.69, 9.17) is 0 Å². The van der Waals surface area contributed by atoms with Crippen molar-refractivity contribution in [2.45, 2.75) is 52.4 Å². The monoisotopic (exact) mass is 446 g/mol. The van der Waals surface area contributed by atoms with Crippen LogP contribution in [0.1, 0.15) is 52.4 Å². The molecule has 148 valence electrons. The van der Waals surface area contributed by atoms with Crippen molar-refractivity contribution in [1.82, 2.24) is 5.32 Å². The van der Waals surface area contributed by atoms with Gasteiger partial charge in [-0.25, -0.2) is 8.42 Å². The van der Waals surface area contributed by atoms with Crippen LogP contribution in [0.15, 0.2) is 28.7 Å². The SMILES string of the molecule is CCCC[C@H](CC)CNC(=O)CCCN(c1ccc(Br)cc1)S(C)(=O)=O. The molecule has 0 spiro atoms. The summed E-state index contributed by atoms with van der Waals surface area (Å²) in [5.74, 6) is 0.512. The first-order chi connectivity index (χ1) is 12.3. The minimum Gasteiger partial charge on any atom is -0.356 e. The number of halogens is 1. The topological polar surface area (TPSA) is 66.5 Å². The molecule has 1 amide bonds. The molecule has 0 bridgehead atoms. The third kappa shape index (κ3) is 8.54. The number of carbonyl (C=O) groups excluding carboxylic acids is 1. The summed E-state index contributed by atoms with van der Waals surface area (Å²) in [6.45, 7) is 5.32. The molecule has 26 heavy (non-hydrogen) atoms. The fraction of sp³-hybridized carbons (Fsp3) is 0.632. The number of benzene rings is 1. The Morgan fingerprint density at radius 1 is 1.19 bits per heavy atom. The van der Waals surface area contributed by atoms with E-state index in [0.29, 0.717) is 37.5 Å². The van der Waals surface area contributed by atoms with Gasteiger partial charge < -0.3 is 5.32 Å². The van der Waals surface area contributed by atoms with Crippen LogP contribution in [-0.2, 0) is 14.8 Å². The fourth-order valence-electron chi connectivity index (χ4n) is 2.77. The van der Waals surface area contributed by atoms with Crippen LogP contribution in [0.2, 0.25) is 0 Å². The summed E-state index contributed by atoms with van der Waals surface area (Å²) in [6.07, 6.45) is 6.55. The zero-order valence-electron chi connectivity index (χ0n) is 16.0. The highest BCUT2D eigenvalue weighted by molar-refractivity contribution is 9.10. The van der Waals surface area contributed by atoms with E-state index in [1.807, 2.05) is 0 Å². The second kappa shape index (κ2) is 11.6. The fourth-order valence-corrected chi connectivity index (χ4v) is 4.00. The van der Waals surface area contributed by atoms with Gasteiger partial charge in [0.15, 0.2) is 0 Å². The molecule has 0 aliphatic heterocycles. The molecule has 5 nitrogen and oxygen atoms in total. The van der Waals surface area contributed by atoms with Crippen molar-refractivity contribution < 1.29 is 13.2 Å². The molecule has 1 aromatic rings. The third-order valence-corrected chi connectivity index (χ3v) is 6.13. The van der Waals surface area contributed by atoms with Crippen molar-refractivity contribution in [3.8, 4) is 0 Å². The van der Waals surface area contributed by atoms with Crippen LogP contribution >= 0.6 is 15.9 Å². The van der Waals surface area contributed by atoms with Crippen molar-refractivity contribution in [1.29, 1.82) is 0 Å². The summed E-state index contributed by atoms with van der Waals surface area (Å²) >= 11 is 3.35. The number of amides is 1. The molecule has 0 fully saturated rings. The molecule has 0 saturated heterocycles. The highest BCUT2D eigenvalue weighted by atomic mass is 79.9. The lowest BCUT2D eigenvalue weighted by atomic mass is 9.99. The summed E-state index contributed by atoms with van der Waals surface area (Å²) in [6, 6.07) is 7.12. The van der Waals surface area contributed by atoms with Crippen molar-refractivity contribution in [3.63, 3.8) is 0 Å². The maximum atomic E-state index is 12.1. The molecular weight excluding hydrogens is 416 g/mol. The van der Waals surface area contributed by atoms with E-state index in [1.165, 1.54) is 23.4 Å². The maximum Gasteiger partial charge on any atom is 0.232 e. The third-order valence-electron chi connectivity index (χ3n) is 4.41. The molecule has 1 N–H and O–H groups in total. The maximum absolute atomic E-state index is 12.1. The van der Waals surface area contributed by atoms with Gasteiger partial charge >= 0.3 is 0 Å². The van der Waals surface area contributed by atoms with Crippen LogP contribution in [0, 0.1) is 5.92 Å². The lowest BCUT2D eigenvalue weighted by Gasteiger charge is -2.22. The van der Waals surface area contributed by atoms with E-state index >= 15 is 0 Å². The molecule has 1 rings (SSSR count). The molecule has 1 atom stereocenters. The van der Waals surface area contributed by atoms with Gasteiger partial charge in [0.2, 0.25) is 15.9 Å². The minimum absolute atomic E-state index is 0.00999. The summed E-state index contributed by atoms with van der Waals surface area (Å²) in [5, 5.41) is 2.99. The van der Waals surface area contributed by atoms with Gasteiger partial charge in [-0.1, -0.05) is 49.0 Å². The molecule has 1 aromatic carbocycles. The zero-order chi connectivity index (χ0) is 19.6. The van der Waals surface area contributed by atoms with Crippen LogP contribution in [-0.4, -0.2) is 33.7 Å². The smallest absolute Gasteiger partial charge is 0.232 e. The van der Waals surface area contributed by atoms with E-state index in [1.54, 1.807) is 24.3 Å².